The van der Waals surface area contributed by atoms with Crippen LogP contribution in [0.3, 0.4) is 0 Å². The molecule has 0 spiro atoms. The summed E-state index contributed by atoms with van der Waals surface area (Å²) in [6.07, 6.45) is 1.67. The number of pyridine rings is 1. The molecule has 0 saturated carbocycles. The number of nitrogens with zero attached hydrogens (tertiary/aromatic N) is 1. The lowest BCUT2D eigenvalue weighted by Crippen LogP contribution is -2.51. The molecule has 0 bridgehead atoms. The molecule has 1 saturated heterocycles. The van der Waals surface area contributed by atoms with E-state index in [1.165, 1.54) is 12.1 Å². The standard InChI is InChI=1S/C25H22FN5O/c26-17-7-8-23-22(12-17)24(9-10-28-23)30-18-4-1-3-16(11-18)25(32)31-20-6-2-5-19(13-20)29-21-14-27-15-21/h1-13,21,27,29H,14-15H2,(H,28,30)(H,31,32). The molecule has 1 aliphatic rings. The van der Waals surface area contributed by atoms with E-state index in [2.05, 4.69) is 26.3 Å². The van der Waals surface area contributed by atoms with Crippen molar-refractivity contribution in [3.05, 3.63) is 90.4 Å². The number of fused-ring (bicyclic) bond motifs is 1. The van der Waals surface area contributed by atoms with Crippen LogP contribution in [0.15, 0.2) is 79.0 Å². The van der Waals surface area contributed by atoms with Gasteiger partial charge in [0.25, 0.3) is 5.91 Å². The summed E-state index contributed by atoms with van der Waals surface area (Å²) >= 11 is 0. The number of aromatic nitrogens is 1. The lowest BCUT2D eigenvalue weighted by molar-refractivity contribution is 0.102. The largest absolute Gasteiger partial charge is 0.380 e. The number of hydrogen-bond acceptors (Lipinski definition) is 5. The van der Waals surface area contributed by atoms with Crippen molar-refractivity contribution in [1.29, 1.82) is 0 Å². The van der Waals surface area contributed by atoms with Gasteiger partial charge in [-0.2, -0.15) is 0 Å². The van der Waals surface area contributed by atoms with Gasteiger partial charge in [-0.05, 0) is 60.7 Å². The third-order valence-corrected chi connectivity index (χ3v) is 5.38. The number of nitrogens with one attached hydrogen (secondary N) is 4. The Labute approximate surface area is 184 Å². The quantitative estimate of drug-likeness (QED) is 0.357. The Bertz CT molecular complexity index is 1290. The minimum Gasteiger partial charge on any atom is -0.380 e. The molecule has 1 amide bonds. The molecule has 160 valence electrons. The zero-order valence-electron chi connectivity index (χ0n) is 17.2. The Kier molecular flexibility index (Phi) is 5.39. The summed E-state index contributed by atoms with van der Waals surface area (Å²) < 4.78 is 13.7. The average molecular weight is 427 g/mol. The van der Waals surface area contributed by atoms with E-state index in [4.69, 9.17) is 0 Å². The maximum Gasteiger partial charge on any atom is 0.255 e. The molecular formula is C25H22FN5O. The molecule has 32 heavy (non-hydrogen) atoms. The minimum absolute atomic E-state index is 0.207. The first kappa shape index (κ1) is 20.0. The molecule has 5 rings (SSSR count). The molecular weight excluding hydrogens is 405 g/mol. The topological polar surface area (TPSA) is 78.1 Å². The van der Waals surface area contributed by atoms with Crippen LogP contribution in [0.4, 0.5) is 27.1 Å². The summed E-state index contributed by atoms with van der Waals surface area (Å²) in [5, 5.41) is 13.6. The molecule has 1 aliphatic heterocycles. The summed E-state index contributed by atoms with van der Waals surface area (Å²) in [7, 11) is 0. The second-order valence-electron chi connectivity index (χ2n) is 7.76. The summed E-state index contributed by atoms with van der Waals surface area (Å²) in [6.45, 7) is 1.88. The van der Waals surface area contributed by atoms with Gasteiger partial charge in [0.15, 0.2) is 0 Å². The molecule has 0 atom stereocenters. The summed E-state index contributed by atoms with van der Waals surface area (Å²) in [4.78, 5) is 17.1. The molecule has 0 unspecified atom stereocenters. The summed E-state index contributed by atoms with van der Waals surface area (Å²) in [5.74, 6) is -0.534. The van der Waals surface area contributed by atoms with Gasteiger partial charge in [0, 0.05) is 53.0 Å². The van der Waals surface area contributed by atoms with E-state index in [1.54, 1.807) is 30.5 Å². The second kappa shape index (κ2) is 8.64. The van der Waals surface area contributed by atoms with E-state index in [0.29, 0.717) is 22.5 Å². The van der Waals surface area contributed by atoms with Crippen molar-refractivity contribution in [2.45, 2.75) is 6.04 Å². The number of anilines is 4. The predicted molar refractivity (Wildman–Crippen MR) is 126 cm³/mol. The van der Waals surface area contributed by atoms with E-state index < -0.39 is 0 Å². The zero-order valence-corrected chi connectivity index (χ0v) is 17.2. The maximum atomic E-state index is 13.7. The highest BCUT2D eigenvalue weighted by atomic mass is 19.1. The lowest BCUT2D eigenvalue weighted by atomic mass is 10.1. The fourth-order valence-electron chi connectivity index (χ4n) is 3.64. The van der Waals surface area contributed by atoms with Gasteiger partial charge in [0.05, 0.1) is 11.6 Å². The van der Waals surface area contributed by atoms with Crippen LogP contribution in [-0.4, -0.2) is 30.0 Å². The van der Waals surface area contributed by atoms with Crippen molar-refractivity contribution in [1.82, 2.24) is 10.3 Å². The van der Waals surface area contributed by atoms with Crippen molar-refractivity contribution in [2.75, 3.05) is 29.0 Å². The third-order valence-electron chi connectivity index (χ3n) is 5.38. The van der Waals surface area contributed by atoms with Gasteiger partial charge < -0.3 is 21.3 Å². The molecule has 2 heterocycles. The molecule has 4 N–H and O–H groups in total. The Hall–Kier alpha value is -3.97. The number of hydrogen-bond donors (Lipinski definition) is 4. The highest BCUT2D eigenvalue weighted by Crippen LogP contribution is 2.26. The van der Waals surface area contributed by atoms with Crippen molar-refractivity contribution in [3.63, 3.8) is 0 Å². The van der Waals surface area contributed by atoms with Crippen LogP contribution >= 0.6 is 0 Å². The Morgan fingerprint density at radius 1 is 0.938 bits per heavy atom. The Morgan fingerprint density at radius 2 is 1.75 bits per heavy atom. The molecule has 3 aromatic carbocycles. The highest BCUT2D eigenvalue weighted by Gasteiger charge is 2.16. The lowest BCUT2D eigenvalue weighted by Gasteiger charge is -2.29. The first-order chi connectivity index (χ1) is 15.6. The van der Waals surface area contributed by atoms with Gasteiger partial charge in [-0.25, -0.2) is 4.39 Å². The van der Waals surface area contributed by atoms with Gasteiger partial charge in [-0.3, -0.25) is 9.78 Å². The minimum atomic E-state index is -0.327. The smallest absolute Gasteiger partial charge is 0.255 e. The van der Waals surface area contributed by atoms with Gasteiger partial charge in [-0.1, -0.05) is 12.1 Å². The SMILES string of the molecule is O=C(Nc1cccc(NC2CNC2)c1)c1cccc(Nc2ccnc3ccc(F)cc23)c1. The number of benzene rings is 3. The number of amides is 1. The maximum absolute atomic E-state index is 13.7. The third kappa shape index (κ3) is 4.38. The normalized spacial score (nSPS) is 13.4. The fourth-order valence-corrected chi connectivity index (χ4v) is 3.64. The van der Waals surface area contributed by atoms with Gasteiger partial charge in [0.1, 0.15) is 5.82 Å². The van der Waals surface area contributed by atoms with Gasteiger partial charge >= 0.3 is 0 Å². The molecule has 1 aromatic heterocycles. The zero-order chi connectivity index (χ0) is 21.9. The van der Waals surface area contributed by atoms with E-state index in [-0.39, 0.29) is 11.7 Å². The molecule has 6 nitrogen and oxygen atoms in total. The summed E-state index contributed by atoms with van der Waals surface area (Å²) in [5.41, 5.74) is 4.35. The van der Waals surface area contributed by atoms with E-state index in [9.17, 15) is 9.18 Å². The second-order valence-corrected chi connectivity index (χ2v) is 7.76. The Morgan fingerprint density at radius 3 is 2.59 bits per heavy atom. The van der Waals surface area contributed by atoms with Crippen molar-refractivity contribution >= 4 is 39.6 Å². The molecule has 0 radical (unpaired) electrons. The fraction of sp³-hybridized carbons (Fsp3) is 0.120. The van der Waals surface area contributed by atoms with Crippen molar-refractivity contribution < 1.29 is 9.18 Å². The van der Waals surface area contributed by atoms with Gasteiger partial charge in [0.2, 0.25) is 0 Å². The average Bonchev–Trinajstić information content (AvgIpc) is 2.77. The van der Waals surface area contributed by atoms with Crippen LogP contribution < -0.4 is 21.3 Å². The van der Waals surface area contributed by atoms with Crippen LogP contribution in [0, 0.1) is 5.82 Å². The van der Waals surface area contributed by atoms with Crippen LogP contribution in [-0.2, 0) is 0 Å². The highest BCUT2D eigenvalue weighted by molar-refractivity contribution is 6.05. The van der Waals surface area contributed by atoms with Crippen molar-refractivity contribution in [2.24, 2.45) is 0 Å². The molecule has 0 aliphatic carbocycles. The van der Waals surface area contributed by atoms with Crippen LogP contribution in [0.5, 0.6) is 0 Å². The van der Waals surface area contributed by atoms with E-state index in [1.807, 2.05) is 36.4 Å². The molecule has 1 fully saturated rings. The van der Waals surface area contributed by atoms with Crippen molar-refractivity contribution in [3.8, 4) is 0 Å². The number of halogens is 1. The number of rotatable bonds is 6. The van der Waals surface area contributed by atoms with E-state index >= 15 is 0 Å². The van der Waals surface area contributed by atoms with Crippen LogP contribution in [0.1, 0.15) is 10.4 Å². The van der Waals surface area contributed by atoms with Crippen LogP contribution in [0.25, 0.3) is 10.9 Å². The summed E-state index contributed by atoms with van der Waals surface area (Å²) in [6, 6.07) is 21.6. The monoisotopic (exact) mass is 427 g/mol. The van der Waals surface area contributed by atoms with Gasteiger partial charge in [-0.15, -0.1) is 0 Å². The Balaban J connectivity index is 1.32. The predicted octanol–water partition coefficient (Wildman–Crippen LogP) is 4.75. The number of carbonyl (C=O) groups is 1. The van der Waals surface area contributed by atoms with Crippen LogP contribution in [0.2, 0.25) is 0 Å². The van der Waals surface area contributed by atoms with E-state index in [0.717, 1.165) is 35.8 Å². The first-order valence-electron chi connectivity index (χ1n) is 10.4. The molecule has 4 aromatic rings. The molecule has 7 heteroatoms. The number of carbonyl (C=O) groups excluding carboxylic acids is 1. The first-order valence-corrected chi connectivity index (χ1v) is 10.4.